The average molecular weight is 265 g/mol. The number of carbonyl (C=O) groups is 1. The van der Waals surface area contributed by atoms with Crippen LogP contribution in [0.1, 0.15) is 32.2 Å². The molecule has 1 amide bonds. The van der Waals surface area contributed by atoms with E-state index in [1.807, 2.05) is 10.7 Å². The lowest BCUT2D eigenvalue weighted by Gasteiger charge is -2.31. The highest BCUT2D eigenvalue weighted by atomic mass is 16.1. The molecule has 3 N–H and O–H groups in total. The summed E-state index contributed by atoms with van der Waals surface area (Å²) in [6.45, 7) is 5.85. The number of hydrogen-bond acceptors (Lipinski definition) is 4. The Morgan fingerprint density at radius 3 is 2.89 bits per heavy atom. The molecule has 1 fully saturated rings. The summed E-state index contributed by atoms with van der Waals surface area (Å²) in [6.07, 6.45) is 4.24. The predicted molar refractivity (Wildman–Crippen MR) is 74.9 cm³/mol. The number of nitrogens with two attached hydrogens (primary N) is 1. The Kier molecular flexibility index (Phi) is 4.93. The molecule has 2 heterocycles. The summed E-state index contributed by atoms with van der Waals surface area (Å²) in [5.41, 5.74) is 5.38. The van der Waals surface area contributed by atoms with E-state index < -0.39 is 0 Å². The van der Waals surface area contributed by atoms with Gasteiger partial charge in [-0.25, -0.2) is 4.68 Å². The van der Waals surface area contributed by atoms with Crippen molar-refractivity contribution in [3.63, 3.8) is 0 Å². The van der Waals surface area contributed by atoms with Crippen molar-refractivity contribution in [1.82, 2.24) is 14.7 Å². The second-order valence-corrected chi connectivity index (χ2v) is 4.91. The van der Waals surface area contributed by atoms with Crippen LogP contribution in [0.3, 0.4) is 0 Å². The lowest BCUT2D eigenvalue weighted by Crippen LogP contribution is -2.35. The molecule has 106 valence electrons. The molecule has 19 heavy (non-hydrogen) atoms. The van der Waals surface area contributed by atoms with Crippen LogP contribution in [0.5, 0.6) is 0 Å². The number of amides is 1. The molecule has 0 aliphatic carbocycles. The van der Waals surface area contributed by atoms with Gasteiger partial charge in [-0.05, 0) is 19.4 Å². The van der Waals surface area contributed by atoms with Gasteiger partial charge in [-0.15, -0.1) is 0 Å². The number of aromatic nitrogens is 2. The second-order valence-electron chi connectivity index (χ2n) is 4.91. The Balaban J connectivity index is 1.97. The maximum Gasteiger partial charge on any atom is 0.226 e. The second kappa shape index (κ2) is 6.68. The molecule has 6 nitrogen and oxygen atoms in total. The Morgan fingerprint density at radius 2 is 2.26 bits per heavy atom. The molecule has 6 heteroatoms. The molecular weight excluding hydrogens is 242 g/mol. The van der Waals surface area contributed by atoms with E-state index in [9.17, 15) is 4.79 Å². The van der Waals surface area contributed by atoms with E-state index in [0.29, 0.717) is 19.0 Å². The van der Waals surface area contributed by atoms with Gasteiger partial charge in [0.1, 0.15) is 5.82 Å². The molecule has 1 aromatic rings. The van der Waals surface area contributed by atoms with Gasteiger partial charge in [0, 0.05) is 32.1 Å². The molecule has 0 radical (unpaired) electrons. The van der Waals surface area contributed by atoms with Crippen molar-refractivity contribution in [2.24, 2.45) is 5.73 Å². The van der Waals surface area contributed by atoms with Gasteiger partial charge in [-0.3, -0.25) is 4.79 Å². The fourth-order valence-electron chi connectivity index (χ4n) is 2.52. The van der Waals surface area contributed by atoms with Gasteiger partial charge < -0.3 is 16.0 Å². The van der Waals surface area contributed by atoms with Crippen molar-refractivity contribution in [1.29, 1.82) is 0 Å². The van der Waals surface area contributed by atoms with Crippen molar-refractivity contribution in [2.45, 2.75) is 32.2 Å². The molecule has 0 bridgehead atoms. The fourth-order valence-corrected chi connectivity index (χ4v) is 2.52. The zero-order valence-corrected chi connectivity index (χ0v) is 11.5. The van der Waals surface area contributed by atoms with Crippen molar-refractivity contribution in [3.05, 3.63) is 12.3 Å². The molecular formula is C13H23N5O. The minimum Gasteiger partial charge on any atom is -0.330 e. The summed E-state index contributed by atoms with van der Waals surface area (Å²) in [6, 6.07) is 2.23. The molecule has 2 rings (SSSR count). The number of nitrogens with one attached hydrogen (secondary N) is 1. The number of anilines is 1. The van der Waals surface area contributed by atoms with Gasteiger partial charge in [0.25, 0.3) is 0 Å². The van der Waals surface area contributed by atoms with E-state index in [1.54, 1.807) is 6.20 Å². The quantitative estimate of drug-likeness (QED) is 0.826. The van der Waals surface area contributed by atoms with Crippen LogP contribution in [-0.4, -0.2) is 46.8 Å². The zero-order valence-electron chi connectivity index (χ0n) is 11.5. The number of carbonyl (C=O) groups excluding carboxylic acids is 1. The maximum atomic E-state index is 11.6. The Morgan fingerprint density at radius 1 is 1.53 bits per heavy atom. The molecule has 1 aliphatic rings. The third kappa shape index (κ3) is 3.54. The van der Waals surface area contributed by atoms with Crippen molar-refractivity contribution >= 4 is 11.7 Å². The molecule has 1 saturated heterocycles. The fraction of sp³-hybridized carbons (Fsp3) is 0.692. The van der Waals surface area contributed by atoms with Gasteiger partial charge in [0.05, 0.1) is 12.2 Å². The van der Waals surface area contributed by atoms with Crippen LogP contribution in [-0.2, 0) is 4.79 Å². The van der Waals surface area contributed by atoms with Gasteiger partial charge in [-0.2, -0.15) is 5.10 Å². The highest BCUT2D eigenvalue weighted by Crippen LogP contribution is 2.25. The van der Waals surface area contributed by atoms with Crippen LogP contribution in [0.15, 0.2) is 12.3 Å². The smallest absolute Gasteiger partial charge is 0.226 e. The standard InChI is InChI=1S/C13H23N5O/c1-2-17-9-5-11(6-10-17)18-12(4-8-15-18)16-13(19)3-7-14/h4,8,11H,2-3,5-7,9-10,14H2,1H3,(H,16,19). The molecule has 0 atom stereocenters. The predicted octanol–water partition coefficient (Wildman–Crippen LogP) is 0.827. The normalized spacial score (nSPS) is 17.6. The molecule has 1 aliphatic heterocycles. The highest BCUT2D eigenvalue weighted by Gasteiger charge is 2.22. The van der Waals surface area contributed by atoms with Gasteiger partial charge in [0.15, 0.2) is 0 Å². The van der Waals surface area contributed by atoms with E-state index in [-0.39, 0.29) is 5.91 Å². The molecule has 0 spiro atoms. The molecule has 1 aromatic heterocycles. The van der Waals surface area contributed by atoms with Gasteiger partial charge in [0.2, 0.25) is 5.91 Å². The first-order chi connectivity index (χ1) is 9.24. The molecule has 0 unspecified atom stereocenters. The summed E-state index contributed by atoms with van der Waals surface area (Å²) in [4.78, 5) is 14.0. The first kappa shape index (κ1) is 14.0. The number of likely N-dealkylation sites (tertiary alicyclic amines) is 1. The van der Waals surface area contributed by atoms with Crippen molar-refractivity contribution in [3.8, 4) is 0 Å². The number of rotatable bonds is 5. The SMILES string of the molecule is CCN1CCC(n2nccc2NC(=O)CCN)CC1. The Bertz CT molecular complexity index is 409. The maximum absolute atomic E-state index is 11.6. The topological polar surface area (TPSA) is 76.2 Å². The van der Waals surface area contributed by atoms with E-state index >= 15 is 0 Å². The first-order valence-corrected chi connectivity index (χ1v) is 7.00. The summed E-state index contributed by atoms with van der Waals surface area (Å²) in [5.74, 6) is 0.739. The minimum absolute atomic E-state index is 0.0461. The number of piperidine rings is 1. The van der Waals surface area contributed by atoms with Crippen molar-refractivity contribution in [2.75, 3.05) is 31.5 Å². The van der Waals surface area contributed by atoms with Crippen LogP contribution in [0.4, 0.5) is 5.82 Å². The lowest BCUT2D eigenvalue weighted by atomic mass is 10.1. The zero-order chi connectivity index (χ0) is 13.7. The summed E-state index contributed by atoms with van der Waals surface area (Å²) < 4.78 is 1.95. The molecule has 0 saturated carbocycles. The highest BCUT2D eigenvalue weighted by molar-refractivity contribution is 5.89. The van der Waals surface area contributed by atoms with Crippen LogP contribution < -0.4 is 11.1 Å². The Hall–Kier alpha value is -1.40. The van der Waals surface area contributed by atoms with Crippen LogP contribution in [0.2, 0.25) is 0 Å². The van der Waals surface area contributed by atoms with Gasteiger partial charge in [-0.1, -0.05) is 6.92 Å². The van der Waals surface area contributed by atoms with E-state index in [2.05, 4.69) is 22.2 Å². The monoisotopic (exact) mass is 265 g/mol. The largest absolute Gasteiger partial charge is 0.330 e. The van der Waals surface area contributed by atoms with E-state index in [4.69, 9.17) is 5.73 Å². The third-order valence-electron chi connectivity index (χ3n) is 3.66. The van der Waals surface area contributed by atoms with E-state index in [0.717, 1.165) is 38.3 Å². The minimum atomic E-state index is -0.0461. The van der Waals surface area contributed by atoms with E-state index in [1.165, 1.54) is 0 Å². The summed E-state index contributed by atoms with van der Waals surface area (Å²) in [5, 5.41) is 7.24. The summed E-state index contributed by atoms with van der Waals surface area (Å²) in [7, 11) is 0. The number of nitrogens with zero attached hydrogens (tertiary/aromatic N) is 3. The molecule has 0 aromatic carbocycles. The summed E-state index contributed by atoms with van der Waals surface area (Å²) >= 11 is 0. The van der Waals surface area contributed by atoms with Crippen LogP contribution in [0, 0.1) is 0 Å². The van der Waals surface area contributed by atoms with Gasteiger partial charge >= 0.3 is 0 Å². The van der Waals surface area contributed by atoms with Crippen LogP contribution >= 0.6 is 0 Å². The lowest BCUT2D eigenvalue weighted by molar-refractivity contribution is -0.116. The average Bonchev–Trinajstić information content (AvgIpc) is 2.87. The number of hydrogen-bond donors (Lipinski definition) is 2. The van der Waals surface area contributed by atoms with Crippen molar-refractivity contribution < 1.29 is 4.79 Å². The Labute approximate surface area is 113 Å². The third-order valence-corrected chi connectivity index (χ3v) is 3.66. The first-order valence-electron chi connectivity index (χ1n) is 7.00. The van der Waals surface area contributed by atoms with Crippen LogP contribution in [0.25, 0.3) is 0 Å².